The molecule has 0 saturated heterocycles. The summed E-state index contributed by atoms with van der Waals surface area (Å²) in [5, 5.41) is 16.4. The molecule has 4 nitrogen and oxygen atoms in total. The predicted octanol–water partition coefficient (Wildman–Crippen LogP) is 1.79. The lowest BCUT2D eigenvalue weighted by Crippen LogP contribution is -2.42. The van der Waals surface area contributed by atoms with Crippen molar-refractivity contribution in [3.05, 3.63) is 35.9 Å². The standard InChI is InChI=1S/C16H26N2O2/c1-15(2,3)18-14(19)10-11-17-12-16(4,20)13-8-6-5-7-9-13/h5-9,17,20H,10-12H2,1-4H3,(H,18,19). The second-order valence-electron chi connectivity index (χ2n) is 6.36. The van der Waals surface area contributed by atoms with Crippen LogP contribution < -0.4 is 10.6 Å². The number of hydrogen-bond acceptors (Lipinski definition) is 3. The lowest BCUT2D eigenvalue weighted by atomic mass is 9.96. The quantitative estimate of drug-likeness (QED) is 0.695. The molecule has 0 aliphatic rings. The molecule has 20 heavy (non-hydrogen) atoms. The van der Waals surface area contributed by atoms with Gasteiger partial charge in [0.05, 0.1) is 5.60 Å². The molecular weight excluding hydrogens is 252 g/mol. The third kappa shape index (κ3) is 6.17. The van der Waals surface area contributed by atoms with Crippen LogP contribution in [-0.4, -0.2) is 29.6 Å². The molecule has 1 amide bonds. The Morgan fingerprint density at radius 3 is 2.30 bits per heavy atom. The van der Waals surface area contributed by atoms with Crippen LogP contribution in [0.25, 0.3) is 0 Å². The highest BCUT2D eigenvalue weighted by molar-refractivity contribution is 5.76. The summed E-state index contributed by atoms with van der Waals surface area (Å²) in [6.07, 6.45) is 0.405. The number of carbonyl (C=O) groups excluding carboxylic acids is 1. The van der Waals surface area contributed by atoms with Crippen molar-refractivity contribution < 1.29 is 9.90 Å². The molecule has 1 aromatic carbocycles. The summed E-state index contributed by atoms with van der Waals surface area (Å²) in [5.74, 6) is 0.0179. The summed E-state index contributed by atoms with van der Waals surface area (Å²) in [6, 6.07) is 9.52. The Morgan fingerprint density at radius 2 is 1.75 bits per heavy atom. The monoisotopic (exact) mass is 278 g/mol. The highest BCUT2D eigenvalue weighted by Crippen LogP contribution is 2.18. The minimum atomic E-state index is -0.929. The van der Waals surface area contributed by atoms with Gasteiger partial charge in [-0.25, -0.2) is 0 Å². The summed E-state index contributed by atoms with van der Waals surface area (Å²) < 4.78 is 0. The van der Waals surface area contributed by atoms with Gasteiger partial charge in [-0.15, -0.1) is 0 Å². The Morgan fingerprint density at radius 1 is 1.15 bits per heavy atom. The summed E-state index contributed by atoms with van der Waals surface area (Å²) >= 11 is 0. The first-order valence-corrected chi connectivity index (χ1v) is 7.00. The zero-order chi connectivity index (χ0) is 15.2. The largest absolute Gasteiger partial charge is 0.384 e. The van der Waals surface area contributed by atoms with Crippen molar-refractivity contribution >= 4 is 5.91 Å². The minimum absolute atomic E-state index is 0.0179. The molecule has 112 valence electrons. The van der Waals surface area contributed by atoms with Crippen molar-refractivity contribution in [3.63, 3.8) is 0 Å². The molecule has 0 heterocycles. The summed E-state index contributed by atoms with van der Waals surface area (Å²) in [6.45, 7) is 8.60. The maximum atomic E-state index is 11.6. The molecule has 0 fully saturated rings. The molecule has 0 aromatic heterocycles. The van der Waals surface area contributed by atoms with Gasteiger partial charge in [-0.2, -0.15) is 0 Å². The Labute approximate surface area is 121 Å². The molecule has 1 atom stereocenters. The molecule has 0 aliphatic carbocycles. The van der Waals surface area contributed by atoms with Crippen LogP contribution in [0.3, 0.4) is 0 Å². The Hall–Kier alpha value is -1.39. The predicted molar refractivity (Wildman–Crippen MR) is 81.4 cm³/mol. The van der Waals surface area contributed by atoms with Gasteiger partial charge in [0.1, 0.15) is 0 Å². The average molecular weight is 278 g/mol. The maximum Gasteiger partial charge on any atom is 0.221 e. The van der Waals surface area contributed by atoms with E-state index in [1.165, 1.54) is 0 Å². The van der Waals surface area contributed by atoms with Gasteiger partial charge in [-0.3, -0.25) is 4.79 Å². The number of hydrogen-bond donors (Lipinski definition) is 3. The van der Waals surface area contributed by atoms with Crippen LogP contribution in [0.15, 0.2) is 30.3 Å². The third-order valence-electron chi connectivity index (χ3n) is 2.91. The molecule has 4 heteroatoms. The highest BCUT2D eigenvalue weighted by atomic mass is 16.3. The molecule has 0 radical (unpaired) electrons. The SMILES string of the molecule is CC(C)(C)NC(=O)CCNCC(C)(O)c1ccccc1. The van der Waals surface area contributed by atoms with Crippen LogP contribution in [0.2, 0.25) is 0 Å². The second-order valence-corrected chi connectivity index (χ2v) is 6.36. The zero-order valence-corrected chi connectivity index (χ0v) is 12.9. The van der Waals surface area contributed by atoms with Crippen molar-refractivity contribution in [1.29, 1.82) is 0 Å². The number of benzene rings is 1. The van der Waals surface area contributed by atoms with Gasteiger partial charge in [0.2, 0.25) is 5.91 Å². The van der Waals surface area contributed by atoms with E-state index in [4.69, 9.17) is 0 Å². The first-order valence-electron chi connectivity index (χ1n) is 7.00. The van der Waals surface area contributed by atoms with Gasteiger partial charge in [-0.1, -0.05) is 30.3 Å². The van der Waals surface area contributed by atoms with E-state index in [0.717, 1.165) is 5.56 Å². The molecule has 1 rings (SSSR count). The number of amides is 1. The van der Waals surface area contributed by atoms with Gasteiger partial charge in [0.25, 0.3) is 0 Å². The molecule has 0 spiro atoms. The topological polar surface area (TPSA) is 61.4 Å². The lowest BCUT2D eigenvalue weighted by molar-refractivity contribution is -0.122. The lowest BCUT2D eigenvalue weighted by Gasteiger charge is -2.25. The van der Waals surface area contributed by atoms with Crippen molar-refractivity contribution in [1.82, 2.24) is 10.6 Å². The molecule has 1 aromatic rings. The van der Waals surface area contributed by atoms with Crippen LogP contribution >= 0.6 is 0 Å². The van der Waals surface area contributed by atoms with Crippen LogP contribution in [0.4, 0.5) is 0 Å². The molecule has 0 bridgehead atoms. The van der Waals surface area contributed by atoms with Gasteiger partial charge in [0, 0.05) is 25.0 Å². The molecule has 0 aliphatic heterocycles. The molecule has 3 N–H and O–H groups in total. The first-order chi connectivity index (χ1) is 9.21. The van der Waals surface area contributed by atoms with Gasteiger partial charge >= 0.3 is 0 Å². The van der Waals surface area contributed by atoms with E-state index in [9.17, 15) is 9.90 Å². The fraction of sp³-hybridized carbons (Fsp3) is 0.562. The Bertz CT molecular complexity index is 422. The number of rotatable bonds is 6. The fourth-order valence-electron chi connectivity index (χ4n) is 1.91. The van der Waals surface area contributed by atoms with Gasteiger partial charge in [0.15, 0.2) is 0 Å². The first kappa shape index (κ1) is 16.7. The van der Waals surface area contributed by atoms with Gasteiger partial charge in [-0.05, 0) is 33.3 Å². The number of nitrogens with one attached hydrogen (secondary N) is 2. The minimum Gasteiger partial charge on any atom is -0.384 e. The summed E-state index contributed by atoms with van der Waals surface area (Å²) in [5.41, 5.74) is -0.263. The summed E-state index contributed by atoms with van der Waals surface area (Å²) in [7, 11) is 0. The zero-order valence-electron chi connectivity index (χ0n) is 12.9. The highest BCUT2D eigenvalue weighted by Gasteiger charge is 2.22. The van der Waals surface area contributed by atoms with E-state index in [0.29, 0.717) is 19.5 Å². The Kier molecular flexibility index (Phi) is 5.72. The molecule has 1 unspecified atom stereocenters. The third-order valence-corrected chi connectivity index (χ3v) is 2.91. The van der Waals surface area contributed by atoms with Crippen molar-refractivity contribution in [2.45, 2.75) is 45.3 Å². The normalized spacial score (nSPS) is 14.7. The van der Waals surface area contributed by atoms with Crippen molar-refractivity contribution in [2.75, 3.05) is 13.1 Å². The average Bonchev–Trinajstić information content (AvgIpc) is 2.34. The molecular formula is C16H26N2O2. The van der Waals surface area contributed by atoms with E-state index >= 15 is 0 Å². The fourth-order valence-corrected chi connectivity index (χ4v) is 1.91. The van der Waals surface area contributed by atoms with Crippen LogP contribution in [0, 0.1) is 0 Å². The van der Waals surface area contributed by atoms with E-state index in [-0.39, 0.29) is 11.4 Å². The van der Waals surface area contributed by atoms with E-state index in [2.05, 4.69) is 10.6 Å². The van der Waals surface area contributed by atoms with Crippen LogP contribution in [0.5, 0.6) is 0 Å². The van der Waals surface area contributed by atoms with E-state index < -0.39 is 5.60 Å². The summed E-state index contributed by atoms with van der Waals surface area (Å²) in [4.78, 5) is 11.6. The van der Waals surface area contributed by atoms with Crippen LogP contribution in [0.1, 0.15) is 39.7 Å². The molecule has 0 saturated carbocycles. The maximum absolute atomic E-state index is 11.6. The number of carbonyl (C=O) groups is 1. The second kappa shape index (κ2) is 6.86. The van der Waals surface area contributed by atoms with Crippen LogP contribution in [-0.2, 0) is 10.4 Å². The Balaban J connectivity index is 2.32. The van der Waals surface area contributed by atoms with Crippen molar-refractivity contribution in [2.24, 2.45) is 0 Å². The smallest absolute Gasteiger partial charge is 0.221 e. The van der Waals surface area contributed by atoms with E-state index in [1.807, 2.05) is 51.1 Å². The van der Waals surface area contributed by atoms with Gasteiger partial charge < -0.3 is 15.7 Å². The van der Waals surface area contributed by atoms with E-state index in [1.54, 1.807) is 6.92 Å². The number of aliphatic hydroxyl groups is 1. The van der Waals surface area contributed by atoms with Crippen molar-refractivity contribution in [3.8, 4) is 0 Å².